The van der Waals surface area contributed by atoms with Gasteiger partial charge in [-0.15, -0.1) is 0 Å². The number of ether oxygens (including phenoxy) is 2. The number of carbonyl (C=O) groups is 2. The molecule has 38 heavy (non-hydrogen) atoms. The molecule has 1 heterocycles. The van der Waals surface area contributed by atoms with Crippen molar-refractivity contribution in [3.8, 4) is 5.75 Å². The summed E-state index contributed by atoms with van der Waals surface area (Å²) in [5.41, 5.74) is 2.04. The molecule has 1 amide bonds. The summed E-state index contributed by atoms with van der Waals surface area (Å²) in [6.07, 6.45) is 4.95. The molecular weight excluding hydrogens is 490 g/mol. The molecule has 0 radical (unpaired) electrons. The van der Waals surface area contributed by atoms with Gasteiger partial charge in [-0.05, 0) is 70.1 Å². The van der Waals surface area contributed by atoms with Gasteiger partial charge in [-0.1, -0.05) is 80.9 Å². The van der Waals surface area contributed by atoms with E-state index in [2.05, 4.69) is 62.3 Å². The van der Waals surface area contributed by atoms with E-state index in [1.54, 1.807) is 12.0 Å². The summed E-state index contributed by atoms with van der Waals surface area (Å²) in [6, 6.07) is 7.34. The molecule has 0 aromatic heterocycles. The Morgan fingerprint density at radius 3 is 2.03 bits per heavy atom. The molecule has 0 saturated heterocycles. The van der Waals surface area contributed by atoms with Crippen molar-refractivity contribution in [2.45, 2.75) is 117 Å². The number of amides is 1. The SMILES string of the molecule is COc1ccc([C@H]2CC(=O)C([Si](C(C)C)(C(C)C)C(C)C)=CN2C(=O)O[C@@H]2C[C@H](C)CC[C@H]2C(C)C)cc1. The lowest BCUT2D eigenvalue weighted by Gasteiger charge is -2.47. The second kappa shape index (κ2) is 12.4. The molecule has 0 bridgehead atoms. The molecule has 0 unspecified atom stereocenters. The Morgan fingerprint density at radius 1 is 0.947 bits per heavy atom. The molecule has 0 N–H and O–H groups in total. The zero-order valence-corrected chi connectivity index (χ0v) is 26.4. The fourth-order valence-electron chi connectivity index (χ4n) is 7.70. The highest BCUT2D eigenvalue weighted by atomic mass is 28.3. The molecule has 4 atom stereocenters. The van der Waals surface area contributed by atoms with E-state index in [4.69, 9.17) is 9.47 Å². The topological polar surface area (TPSA) is 55.8 Å². The Kier molecular flexibility index (Phi) is 9.94. The average molecular weight is 542 g/mol. The van der Waals surface area contributed by atoms with Crippen molar-refractivity contribution in [3.05, 3.63) is 41.2 Å². The third-order valence-corrected chi connectivity index (χ3v) is 16.6. The summed E-state index contributed by atoms with van der Waals surface area (Å²) in [5.74, 6) is 2.29. The van der Waals surface area contributed by atoms with E-state index in [1.165, 1.54) is 6.42 Å². The number of Topliss-reactive ketones (excluding diaryl/α,β-unsaturated/α-hetero) is 1. The van der Waals surface area contributed by atoms with Crippen LogP contribution >= 0.6 is 0 Å². The number of rotatable bonds is 8. The maximum Gasteiger partial charge on any atom is 0.414 e. The monoisotopic (exact) mass is 541 g/mol. The molecule has 1 aromatic rings. The van der Waals surface area contributed by atoms with Crippen LogP contribution in [-0.4, -0.2) is 38.1 Å². The summed E-state index contributed by atoms with van der Waals surface area (Å²) in [7, 11) is -0.634. The lowest BCUT2D eigenvalue weighted by molar-refractivity contribution is -0.116. The maximum absolute atomic E-state index is 14.1. The van der Waals surface area contributed by atoms with Crippen molar-refractivity contribution in [2.24, 2.45) is 17.8 Å². The number of nitrogens with zero attached hydrogens (tertiary/aromatic N) is 1. The summed E-state index contributed by atoms with van der Waals surface area (Å²) >= 11 is 0. The summed E-state index contributed by atoms with van der Waals surface area (Å²) in [5, 5.41) is 0.900. The minimum Gasteiger partial charge on any atom is -0.497 e. The van der Waals surface area contributed by atoms with Gasteiger partial charge in [0.1, 0.15) is 19.9 Å². The number of carbonyl (C=O) groups excluding carboxylic acids is 2. The van der Waals surface area contributed by atoms with Crippen LogP contribution in [-0.2, 0) is 9.53 Å². The van der Waals surface area contributed by atoms with Crippen LogP contribution in [0.25, 0.3) is 0 Å². The zero-order chi connectivity index (χ0) is 28.4. The number of ketones is 1. The van der Waals surface area contributed by atoms with Crippen LogP contribution in [0.2, 0.25) is 16.6 Å². The normalized spacial score (nSPS) is 24.8. The maximum atomic E-state index is 14.1. The third-order valence-electron chi connectivity index (χ3n) is 9.54. The Hall–Kier alpha value is -2.08. The fourth-order valence-corrected chi connectivity index (χ4v) is 14.5. The van der Waals surface area contributed by atoms with Crippen LogP contribution in [0.4, 0.5) is 4.79 Å². The van der Waals surface area contributed by atoms with Gasteiger partial charge in [-0.3, -0.25) is 9.69 Å². The Balaban J connectivity index is 2.10. The minimum atomic E-state index is -2.28. The lowest BCUT2D eigenvalue weighted by Crippen LogP contribution is -2.52. The van der Waals surface area contributed by atoms with Crippen molar-refractivity contribution in [1.82, 2.24) is 4.90 Å². The molecule has 5 nitrogen and oxygen atoms in total. The quantitative estimate of drug-likeness (QED) is 0.309. The highest BCUT2D eigenvalue weighted by molar-refractivity contribution is 6.93. The van der Waals surface area contributed by atoms with Gasteiger partial charge < -0.3 is 9.47 Å². The summed E-state index contributed by atoms with van der Waals surface area (Å²) in [4.78, 5) is 29.8. The van der Waals surface area contributed by atoms with E-state index in [1.807, 2.05) is 30.5 Å². The molecule has 1 fully saturated rings. The highest BCUT2D eigenvalue weighted by Crippen LogP contribution is 2.49. The molecule has 212 valence electrons. The fraction of sp³-hybridized carbons (Fsp3) is 0.688. The molecule has 0 spiro atoms. The van der Waals surface area contributed by atoms with Gasteiger partial charge in [0, 0.05) is 12.6 Å². The molecule has 6 heteroatoms. The second-order valence-electron chi connectivity index (χ2n) is 13.0. The largest absolute Gasteiger partial charge is 0.497 e. The van der Waals surface area contributed by atoms with Crippen LogP contribution in [0, 0.1) is 17.8 Å². The van der Waals surface area contributed by atoms with Gasteiger partial charge in [0.2, 0.25) is 0 Å². The van der Waals surface area contributed by atoms with Gasteiger partial charge in [-0.2, -0.15) is 0 Å². The van der Waals surface area contributed by atoms with E-state index < -0.39 is 8.07 Å². The van der Waals surface area contributed by atoms with Gasteiger partial charge in [-0.25, -0.2) is 4.79 Å². The first kappa shape index (κ1) is 30.5. The Bertz CT molecular complexity index is 975. The highest BCUT2D eigenvalue weighted by Gasteiger charge is 2.51. The molecule has 2 aliphatic rings. The average Bonchev–Trinajstić information content (AvgIpc) is 2.84. The number of methoxy groups -OCH3 is 1. The molecule has 3 rings (SSSR count). The molecule has 1 aliphatic heterocycles. The van der Waals surface area contributed by atoms with Crippen molar-refractivity contribution in [1.29, 1.82) is 0 Å². The number of benzene rings is 1. The van der Waals surface area contributed by atoms with Gasteiger partial charge in [0.15, 0.2) is 5.78 Å². The number of hydrogen-bond acceptors (Lipinski definition) is 4. The van der Waals surface area contributed by atoms with E-state index in [0.717, 1.165) is 29.4 Å². The van der Waals surface area contributed by atoms with Crippen LogP contribution in [0.5, 0.6) is 5.75 Å². The summed E-state index contributed by atoms with van der Waals surface area (Å²) < 4.78 is 11.7. The van der Waals surface area contributed by atoms with Crippen LogP contribution in [0.15, 0.2) is 35.7 Å². The van der Waals surface area contributed by atoms with Gasteiger partial charge >= 0.3 is 6.09 Å². The van der Waals surface area contributed by atoms with Gasteiger partial charge in [0.05, 0.1) is 13.2 Å². The van der Waals surface area contributed by atoms with Crippen molar-refractivity contribution < 1.29 is 19.1 Å². The molecule has 1 aliphatic carbocycles. The summed E-state index contributed by atoms with van der Waals surface area (Å²) in [6.45, 7) is 20.3. The van der Waals surface area contributed by atoms with Crippen molar-refractivity contribution in [3.63, 3.8) is 0 Å². The smallest absolute Gasteiger partial charge is 0.414 e. The minimum absolute atomic E-state index is 0.0976. The lowest BCUT2D eigenvalue weighted by atomic mass is 9.75. The second-order valence-corrected chi connectivity index (χ2v) is 18.9. The molecule has 1 aromatic carbocycles. The molecule has 1 saturated carbocycles. The van der Waals surface area contributed by atoms with Crippen LogP contribution in [0.1, 0.15) is 99.6 Å². The van der Waals surface area contributed by atoms with E-state index in [9.17, 15) is 9.59 Å². The van der Waals surface area contributed by atoms with Gasteiger partial charge in [0.25, 0.3) is 0 Å². The van der Waals surface area contributed by atoms with E-state index >= 15 is 0 Å². The predicted molar refractivity (Wildman–Crippen MR) is 158 cm³/mol. The van der Waals surface area contributed by atoms with E-state index in [0.29, 0.717) is 34.4 Å². The zero-order valence-electron chi connectivity index (χ0n) is 25.4. The Morgan fingerprint density at radius 2 is 1.53 bits per heavy atom. The molecular formula is C32H51NO4Si. The van der Waals surface area contributed by atoms with Crippen molar-refractivity contribution in [2.75, 3.05) is 7.11 Å². The first-order valence-electron chi connectivity index (χ1n) is 14.7. The number of allylic oxidation sites excluding steroid dienone is 1. The van der Waals surface area contributed by atoms with Crippen LogP contribution < -0.4 is 4.74 Å². The van der Waals surface area contributed by atoms with Crippen molar-refractivity contribution >= 4 is 20.0 Å². The number of hydrogen-bond donors (Lipinski definition) is 0. The first-order valence-corrected chi connectivity index (χ1v) is 17.0. The predicted octanol–water partition coefficient (Wildman–Crippen LogP) is 8.71. The van der Waals surface area contributed by atoms with Crippen LogP contribution in [0.3, 0.4) is 0 Å². The first-order chi connectivity index (χ1) is 17.8. The van der Waals surface area contributed by atoms with E-state index in [-0.39, 0.29) is 30.4 Å². The standard InChI is InChI=1S/C32H51NO4Si/c1-20(2)27-16-11-24(9)17-30(27)37-32(35)33-19-31(38(21(3)4,22(5)6)23(7)8)29(34)18-28(33)25-12-14-26(36-10)15-13-25/h12-15,19-24,27-28,30H,11,16-18H2,1-10H3/t24-,27+,28-,30-/m1/s1. The third kappa shape index (κ3) is 5.90. The Labute approximate surface area is 232 Å².